The van der Waals surface area contributed by atoms with E-state index in [-0.39, 0.29) is 0 Å². The molecule has 0 aliphatic carbocycles. The van der Waals surface area contributed by atoms with Crippen LogP contribution in [0.5, 0.6) is 0 Å². The zero-order valence-corrected chi connectivity index (χ0v) is 12.6. The molecule has 6 heteroatoms. The number of likely N-dealkylation sites (tertiary alicyclic amines) is 1. The molecule has 3 rings (SSSR count). The molecule has 21 heavy (non-hydrogen) atoms. The number of likely N-dealkylation sites (N-methyl/N-ethyl adjacent to an activating group) is 1. The van der Waals surface area contributed by atoms with Gasteiger partial charge in [0.2, 0.25) is 0 Å². The van der Waals surface area contributed by atoms with E-state index < -0.39 is 0 Å². The molecule has 112 valence electrons. The molecule has 1 saturated heterocycles. The Morgan fingerprint density at radius 1 is 1.43 bits per heavy atom. The van der Waals surface area contributed by atoms with Crippen LogP contribution in [0.4, 0.5) is 0 Å². The fraction of sp³-hybridized carbons (Fsp3) is 0.533. The zero-order chi connectivity index (χ0) is 14.7. The molecular formula is C15H22N6. The van der Waals surface area contributed by atoms with E-state index in [0.717, 1.165) is 12.2 Å². The number of nitrogens with one attached hydrogen (secondary N) is 1. The molecule has 1 fully saturated rings. The molecule has 1 aliphatic heterocycles. The number of nitrogens with zero attached hydrogens (tertiary/aromatic N) is 5. The van der Waals surface area contributed by atoms with Crippen molar-refractivity contribution in [2.24, 2.45) is 0 Å². The molecule has 0 bridgehead atoms. The third-order valence-electron chi connectivity index (χ3n) is 4.31. The van der Waals surface area contributed by atoms with Crippen LogP contribution in [-0.2, 0) is 0 Å². The first-order valence-corrected chi connectivity index (χ1v) is 7.51. The van der Waals surface area contributed by atoms with Gasteiger partial charge in [-0.2, -0.15) is 0 Å². The topological polar surface area (TPSA) is 58.9 Å². The van der Waals surface area contributed by atoms with Gasteiger partial charge in [0.25, 0.3) is 0 Å². The minimum absolute atomic E-state index is 0.315. The third kappa shape index (κ3) is 3.28. The molecule has 0 amide bonds. The van der Waals surface area contributed by atoms with Gasteiger partial charge in [-0.25, -0.2) is 4.68 Å². The largest absolute Gasteiger partial charge is 0.309 e. The van der Waals surface area contributed by atoms with Crippen molar-refractivity contribution >= 4 is 0 Å². The summed E-state index contributed by atoms with van der Waals surface area (Å²) in [6.07, 6.45) is 4.22. The van der Waals surface area contributed by atoms with E-state index in [1.54, 1.807) is 11.0 Å². The highest BCUT2D eigenvalue weighted by atomic mass is 15.5. The van der Waals surface area contributed by atoms with Crippen molar-refractivity contribution in [2.45, 2.75) is 31.8 Å². The van der Waals surface area contributed by atoms with Crippen molar-refractivity contribution in [1.82, 2.24) is 30.4 Å². The molecule has 1 N–H and O–H groups in total. The van der Waals surface area contributed by atoms with E-state index in [1.165, 1.54) is 24.9 Å². The maximum atomic E-state index is 3.93. The van der Waals surface area contributed by atoms with Crippen molar-refractivity contribution in [3.63, 3.8) is 0 Å². The molecular weight excluding hydrogens is 264 g/mol. The van der Waals surface area contributed by atoms with Crippen molar-refractivity contribution in [3.05, 3.63) is 36.2 Å². The Labute approximate surface area is 125 Å². The monoisotopic (exact) mass is 286 g/mol. The van der Waals surface area contributed by atoms with Crippen LogP contribution in [0.1, 0.15) is 31.4 Å². The predicted molar refractivity (Wildman–Crippen MR) is 81.2 cm³/mol. The summed E-state index contributed by atoms with van der Waals surface area (Å²) in [5.74, 6) is 0. The van der Waals surface area contributed by atoms with Crippen LogP contribution in [0, 0.1) is 0 Å². The predicted octanol–water partition coefficient (Wildman–Crippen LogP) is 1.41. The SMILES string of the molecule is CC(NCC1CCCN1C)c1cccc(-n2cnnn2)c1. The second kappa shape index (κ2) is 6.32. The fourth-order valence-electron chi connectivity index (χ4n) is 2.88. The average molecular weight is 286 g/mol. The van der Waals surface area contributed by atoms with Crippen LogP contribution in [0.2, 0.25) is 0 Å². The lowest BCUT2D eigenvalue weighted by Gasteiger charge is -2.23. The van der Waals surface area contributed by atoms with Crippen LogP contribution in [-0.4, -0.2) is 51.3 Å². The smallest absolute Gasteiger partial charge is 0.143 e. The quantitative estimate of drug-likeness (QED) is 0.900. The number of hydrogen-bond donors (Lipinski definition) is 1. The Kier molecular flexibility index (Phi) is 4.26. The summed E-state index contributed by atoms with van der Waals surface area (Å²) >= 11 is 0. The highest BCUT2D eigenvalue weighted by Gasteiger charge is 2.21. The van der Waals surface area contributed by atoms with Crippen molar-refractivity contribution in [3.8, 4) is 5.69 Å². The Morgan fingerprint density at radius 2 is 2.33 bits per heavy atom. The van der Waals surface area contributed by atoms with E-state index in [1.807, 2.05) is 12.1 Å². The fourth-order valence-corrected chi connectivity index (χ4v) is 2.88. The van der Waals surface area contributed by atoms with E-state index >= 15 is 0 Å². The average Bonchev–Trinajstić information content (AvgIpc) is 3.16. The molecule has 1 aliphatic rings. The highest BCUT2D eigenvalue weighted by molar-refractivity contribution is 5.35. The number of benzene rings is 1. The number of aromatic nitrogens is 4. The summed E-state index contributed by atoms with van der Waals surface area (Å²) in [6.45, 7) is 4.45. The maximum absolute atomic E-state index is 3.93. The second-order valence-electron chi connectivity index (χ2n) is 5.76. The van der Waals surface area contributed by atoms with Gasteiger partial charge in [0, 0.05) is 18.6 Å². The molecule has 2 heterocycles. The molecule has 2 unspecified atom stereocenters. The zero-order valence-electron chi connectivity index (χ0n) is 12.6. The van der Waals surface area contributed by atoms with Crippen LogP contribution < -0.4 is 5.32 Å². The van der Waals surface area contributed by atoms with Gasteiger partial charge in [0.15, 0.2) is 0 Å². The van der Waals surface area contributed by atoms with E-state index in [0.29, 0.717) is 12.1 Å². The summed E-state index contributed by atoms with van der Waals surface area (Å²) in [5.41, 5.74) is 2.24. The van der Waals surface area contributed by atoms with Gasteiger partial charge in [-0.1, -0.05) is 12.1 Å². The Balaban J connectivity index is 1.64. The molecule has 2 aromatic rings. The molecule has 1 aromatic carbocycles. The van der Waals surface area contributed by atoms with Gasteiger partial charge in [-0.05, 0) is 61.5 Å². The lowest BCUT2D eigenvalue weighted by molar-refractivity contribution is 0.293. The van der Waals surface area contributed by atoms with Crippen LogP contribution in [0.25, 0.3) is 5.69 Å². The Bertz CT molecular complexity index is 567. The van der Waals surface area contributed by atoms with Gasteiger partial charge in [0.05, 0.1) is 5.69 Å². The number of tetrazole rings is 1. The molecule has 0 radical (unpaired) electrons. The van der Waals surface area contributed by atoms with E-state index in [4.69, 9.17) is 0 Å². The molecule has 1 aromatic heterocycles. The van der Waals surface area contributed by atoms with Crippen molar-refractivity contribution in [2.75, 3.05) is 20.1 Å². The van der Waals surface area contributed by atoms with Crippen LogP contribution >= 0.6 is 0 Å². The van der Waals surface area contributed by atoms with Crippen LogP contribution in [0.3, 0.4) is 0 Å². The standard InChI is InChI=1S/C15H22N6/c1-12(16-10-15-7-4-8-20(15)2)13-5-3-6-14(9-13)21-11-17-18-19-21/h3,5-6,9,11-12,15-16H,4,7-8,10H2,1-2H3. The van der Waals surface area contributed by atoms with Crippen molar-refractivity contribution in [1.29, 1.82) is 0 Å². The van der Waals surface area contributed by atoms with Crippen molar-refractivity contribution < 1.29 is 0 Å². The molecule has 6 nitrogen and oxygen atoms in total. The van der Waals surface area contributed by atoms with E-state index in [9.17, 15) is 0 Å². The van der Waals surface area contributed by atoms with Gasteiger partial charge in [-0.15, -0.1) is 5.10 Å². The second-order valence-corrected chi connectivity index (χ2v) is 5.76. The lowest BCUT2D eigenvalue weighted by atomic mass is 10.1. The molecule has 0 saturated carbocycles. The Hall–Kier alpha value is -1.79. The molecule has 0 spiro atoms. The first-order valence-electron chi connectivity index (χ1n) is 7.51. The van der Waals surface area contributed by atoms with E-state index in [2.05, 4.69) is 51.8 Å². The number of rotatable bonds is 5. The van der Waals surface area contributed by atoms with Gasteiger partial charge >= 0.3 is 0 Å². The summed E-state index contributed by atoms with van der Waals surface area (Å²) in [4.78, 5) is 2.44. The minimum atomic E-state index is 0.315. The highest BCUT2D eigenvalue weighted by Crippen LogP contribution is 2.18. The number of hydrogen-bond acceptors (Lipinski definition) is 5. The van der Waals surface area contributed by atoms with Crippen LogP contribution in [0.15, 0.2) is 30.6 Å². The summed E-state index contributed by atoms with van der Waals surface area (Å²) in [5, 5.41) is 14.9. The first kappa shape index (κ1) is 14.2. The summed E-state index contributed by atoms with van der Waals surface area (Å²) in [7, 11) is 2.21. The molecule has 2 atom stereocenters. The maximum Gasteiger partial charge on any atom is 0.143 e. The first-order chi connectivity index (χ1) is 10.2. The summed E-state index contributed by atoms with van der Waals surface area (Å²) < 4.78 is 1.68. The summed E-state index contributed by atoms with van der Waals surface area (Å²) in [6, 6.07) is 9.31. The third-order valence-corrected chi connectivity index (χ3v) is 4.31. The Morgan fingerprint density at radius 3 is 3.05 bits per heavy atom. The normalized spacial score (nSPS) is 20.8. The van der Waals surface area contributed by atoms with Gasteiger partial charge in [0.1, 0.15) is 6.33 Å². The minimum Gasteiger partial charge on any atom is -0.309 e. The van der Waals surface area contributed by atoms with Gasteiger partial charge in [-0.3, -0.25) is 0 Å². The lowest BCUT2D eigenvalue weighted by Crippen LogP contribution is -2.36. The van der Waals surface area contributed by atoms with Gasteiger partial charge < -0.3 is 10.2 Å².